The van der Waals surface area contributed by atoms with Crippen LogP contribution in [0.5, 0.6) is 23.0 Å². The van der Waals surface area contributed by atoms with Crippen molar-refractivity contribution in [2.24, 2.45) is 0 Å². The molecule has 3 aromatic heterocycles. The molecule has 19 aromatic carbocycles. The van der Waals surface area contributed by atoms with Crippen LogP contribution in [0.4, 0.5) is 22.7 Å². The standard InChI is InChI=1S/C128H93BN4O3/c1(5-35-82-37-7-9-39-90(82)85-64-71-124-108(76-85)127(106-54-24-31-61-122(106)135-124)102-50-20-11-41-92(102)93-42-12-21-51-103(93)127)3-33-73-130-116-80-88(132-112-56-26-15-45-96(112)97-46-16-27-57-113(97)132)66-68-110(116)129-111-69-67-89(133-114-58-28-17-47-98(114)99-48-18-29-59-115(99)133)81-117(111)131(119-79-87(78-118(130)126(119)129)84-63-70-121-101(75-84)100-49-19-30-60-120(100)134-121)74-34-4-2-6-36-83-38-8-10-40-91(83)86-65-72-125-109(77-86)128(107-55-25-32-62-123(107)136-125)104-52-22-13-43-94(104)95-44-14-23-53-105(95)128/h7-32,37-72,75-81H,1-6,33-36,73-74H2/i15D,16D,17D,18D,26D,27D,28D,29D,45D,46D,47D,48D,56D,57D,58D,59D. The predicted molar refractivity (Wildman–Crippen MR) is 562 cm³/mol. The molecular formula is C128H93BN4O3. The number of aryl methyl sites for hydroxylation is 2. The summed E-state index contributed by atoms with van der Waals surface area (Å²) >= 11 is 0. The Morgan fingerprint density at radius 3 is 1.08 bits per heavy atom. The number of nitrogens with zero attached hydrogens (tertiary/aromatic N) is 4. The van der Waals surface area contributed by atoms with Crippen molar-refractivity contribution in [2.45, 2.75) is 75.0 Å². The second-order valence-corrected chi connectivity index (χ2v) is 37.0. The molecule has 0 saturated carbocycles. The minimum absolute atomic E-state index is 0.0190. The third-order valence-corrected chi connectivity index (χ3v) is 30.0. The molecule has 646 valence electrons. The van der Waals surface area contributed by atoms with Crippen molar-refractivity contribution in [2.75, 3.05) is 22.9 Å². The maximum absolute atomic E-state index is 9.85. The molecule has 28 rings (SSSR count). The summed E-state index contributed by atoms with van der Waals surface area (Å²) in [5, 5.41) is 1.65. The lowest BCUT2D eigenvalue weighted by molar-refractivity contribution is 0.436. The molecule has 2 aliphatic carbocycles. The quantitative estimate of drug-likeness (QED) is 0.0596. The zero-order valence-corrected chi connectivity index (χ0v) is 74.2. The van der Waals surface area contributed by atoms with Crippen LogP contribution >= 0.6 is 0 Å². The summed E-state index contributed by atoms with van der Waals surface area (Å²) in [6.45, 7) is 0.264. The molecule has 0 bridgehead atoms. The Labute approximate surface area is 813 Å². The smallest absolute Gasteiger partial charge is 0.252 e. The van der Waals surface area contributed by atoms with Crippen molar-refractivity contribution in [3.63, 3.8) is 0 Å². The van der Waals surface area contributed by atoms with Gasteiger partial charge in [0.25, 0.3) is 6.71 Å². The van der Waals surface area contributed by atoms with Crippen molar-refractivity contribution >= 4 is 111 Å². The van der Waals surface area contributed by atoms with Gasteiger partial charge in [0.2, 0.25) is 0 Å². The normalized spacial score (nSPS) is 15.5. The number of furan rings is 1. The van der Waals surface area contributed by atoms with Crippen molar-refractivity contribution in [3.8, 4) is 90.0 Å². The molecule has 0 atom stereocenters. The summed E-state index contributed by atoms with van der Waals surface area (Å²) in [6.07, 6.45) is 7.86. The van der Waals surface area contributed by atoms with Crippen LogP contribution in [0.15, 0.2) is 423 Å². The molecule has 7 nitrogen and oxygen atoms in total. The van der Waals surface area contributed by atoms with E-state index in [1.54, 1.807) is 9.13 Å². The molecule has 0 radical (unpaired) electrons. The molecule has 22 aromatic rings. The first-order chi connectivity index (χ1) is 74.1. The van der Waals surface area contributed by atoms with E-state index in [9.17, 15) is 16.4 Å². The van der Waals surface area contributed by atoms with E-state index in [4.69, 9.17) is 19.4 Å². The number of unbranched alkanes of at least 4 members (excludes halogenated alkanes) is 6. The van der Waals surface area contributed by atoms with E-state index in [1.165, 1.54) is 55.6 Å². The molecule has 7 heterocycles. The van der Waals surface area contributed by atoms with Crippen molar-refractivity contribution in [1.29, 1.82) is 0 Å². The zero-order chi connectivity index (χ0) is 103. The lowest BCUT2D eigenvalue weighted by Crippen LogP contribution is -2.62. The van der Waals surface area contributed by atoms with Gasteiger partial charge in [-0.2, -0.15) is 0 Å². The van der Waals surface area contributed by atoms with Gasteiger partial charge in [0.15, 0.2) is 0 Å². The second-order valence-electron chi connectivity index (χ2n) is 37.0. The number of anilines is 4. The van der Waals surface area contributed by atoms with Crippen LogP contribution in [-0.2, 0) is 23.7 Å². The molecule has 6 aliphatic rings. The van der Waals surface area contributed by atoms with E-state index in [0.29, 0.717) is 42.9 Å². The fourth-order valence-corrected chi connectivity index (χ4v) is 24.3. The largest absolute Gasteiger partial charge is 0.457 e. The predicted octanol–water partition coefficient (Wildman–Crippen LogP) is 30.7. The summed E-state index contributed by atoms with van der Waals surface area (Å²) in [5.74, 6) is 3.29. The van der Waals surface area contributed by atoms with Gasteiger partial charge in [-0.15, -0.1) is 0 Å². The van der Waals surface area contributed by atoms with E-state index in [2.05, 4.69) is 259 Å². The second kappa shape index (κ2) is 31.2. The molecule has 4 aliphatic heterocycles. The SMILES string of the molecule is [2H]c1c([2H])c([2H])c2c(c1[2H])c1c([2H])c([2H])c([2H])c([2H])c1n2-c1ccc2c(c1)N(CCCCCCc1ccccc1-c1ccc3c(c1)C1(c4ccccc4O3)c3ccccc3-c3ccccc31)c1cc(-c3ccc4oc5ccccc5c4c3)cc3c1B2c1ccc(-n2c4c([2H])c([2H])c([2H])c([2H])c4c4c([2H])c([2H])c([2H])c([2H])c42)cc1N3CCCCCCc1ccccc1-c1ccc2c(c1)C1(c3ccccc3O2)c2ccccc2-c2ccccc21. The van der Waals surface area contributed by atoms with Gasteiger partial charge >= 0.3 is 0 Å². The Morgan fingerprint density at radius 2 is 0.625 bits per heavy atom. The molecule has 0 saturated heterocycles. The van der Waals surface area contributed by atoms with Gasteiger partial charge in [-0.3, -0.25) is 0 Å². The van der Waals surface area contributed by atoms with Gasteiger partial charge in [0.05, 0.1) is 54.8 Å². The molecule has 0 N–H and O–H groups in total. The monoisotopic (exact) mass is 1760 g/mol. The van der Waals surface area contributed by atoms with Crippen LogP contribution in [0.3, 0.4) is 0 Å². The third kappa shape index (κ3) is 11.8. The molecule has 2 spiro atoms. The van der Waals surface area contributed by atoms with Crippen LogP contribution in [0.25, 0.3) is 133 Å². The number of para-hydroxylation sites is 7. The van der Waals surface area contributed by atoms with E-state index >= 15 is 0 Å². The van der Waals surface area contributed by atoms with Gasteiger partial charge in [-0.1, -0.05) is 329 Å². The Balaban J connectivity index is 0.583. The number of hydrogen-bond acceptors (Lipinski definition) is 5. The topological polar surface area (TPSA) is 47.9 Å². The molecular weight excluding hydrogens is 1650 g/mol. The van der Waals surface area contributed by atoms with Gasteiger partial charge in [-0.05, 0) is 259 Å². The lowest BCUT2D eigenvalue weighted by Gasteiger charge is -2.45. The van der Waals surface area contributed by atoms with Gasteiger partial charge in [0.1, 0.15) is 34.2 Å². The Morgan fingerprint density at radius 1 is 0.257 bits per heavy atom. The highest BCUT2D eigenvalue weighted by molar-refractivity contribution is 7.00. The maximum atomic E-state index is 9.85. The van der Waals surface area contributed by atoms with Crippen molar-refractivity contribution in [3.05, 3.63) is 474 Å². The first-order valence-electron chi connectivity index (χ1n) is 55.5. The van der Waals surface area contributed by atoms with Crippen LogP contribution in [0, 0.1) is 0 Å². The first kappa shape index (κ1) is 63.8. The van der Waals surface area contributed by atoms with E-state index in [0.717, 1.165) is 185 Å². The van der Waals surface area contributed by atoms with Crippen LogP contribution < -0.4 is 35.7 Å². The number of fused-ring (bicyclic) bond motifs is 31. The average Bonchev–Trinajstić information content (AvgIpc) is 1.55. The number of benzene rings is 19. The highest BCUT2D eigenvalue weighted by atomic mass is 16.5. The Hall–Kier alpha value is -16.2. The molecule has 0 unspecified atom stereocenters. The fourth-order valence-electron chi connectivity index (χ4n) is 24.3. The zero-order valence-electron chi connectivity index (χ0n) is 90.2. The van der Waals surface area contributed by atoms with E-state index in [1.807, 2.05) is 72.8 Å². The van der Waals surface area contributed by atoms with Crippen molar-refractivity contribution < 1.29 is 35.8 Å². The van der Waals surface area contributed by atoms with E-state index < -0.39 is 114 Å². The minimum atomic E-state index is -0.650. The van der Waals surface area contributed by atoms with Gasteiger partial charge < -0.3 is 32.8 Å². The highest BCUT2D eigenvalue weighted by Crippen LogP contribution is 2.65. The van der Waals surface area contributed by atoms with Gasteiger partial charge in [0, 0.05) is 102 Å². The number of rotatable bonds is 19. The summed E-state index contributed by atoms with van der Waals surface area (Å²) in [5.41, 5.74) is 29.3. The van der Waals surface area contributed by atoms with Gasteiger partial charge in [-0.25, -0.2) is 0 Å². The highest BCUT2D eigenvalue weighted by Gasteiger charge is 2.54. The van der Waals surface area contributed by atoms with Crippen LogP contribution in [0.1, 0.15) is 129 Å². The summed E-state index contributed by atoms with van der Waals surface area (Å²) in [6, 6.07) is 106. The fraction of sp³-hybridized carbons (Fsp3) is 0.109. The molecule has 0 fully saturated rings. The van der Waals surface area contributed by atoms with E-state index in [-0.39, 0.29) is 43.6 Å². The van der Waals surface area contributed by atoms with Crippen LogP contribution in [0.2, 0.25) is 0 Å². The lowest BCUT2D eigenvalue weighted by atomic mass is 9.33. The summed E-state index contributed by atoms with van der Waals surface area (Å²) in [4.78, 5) is 4.78. The number of aromatic nitrogens is 2. The van der Waals surface area contributed by atoms with Crippen molar-refractivity contribution in [1.82, 2.24) is 9.13 Å². The number of hydrogen-bond donors (Lipinski definition) is 0. The summed E-state index contributed by atoms with van der Waals surface area (Å²) in [7, 11) is 0. The Kier molecular flexibility index (Phi) is 14.7. The number of ether oxygens (including phenoxy) is 2. The third-order valence-electron chi connectivity index (χ3n) is 30.0. The summed E-state index contributed by atoms with van der Waals surface area (Å²) < 4.78 is 175. The molecule has 8 heteroatoms. The molecule has 0 amide bonds. The molecule has 136 heavy (non-hydrogen) atoms. The average molecular weight is 1760 g/mol. The Bertz CT molecular complexity index is 9040. The first-order valence-corrected chi connectivity index (χ1v) is 47.5. The maximum Gasteiger partial charge on any atom is 0.252 e. The van der Waals surface area contributed by atoms with Crippen LogP contribution in [-0.4, -0.2) is 28.9 Å². The minimum Gasteiger partial charge on any atom is -0.457 e.